The van der Waals surface area contributed by atoms with Crippen molar-refractivity contribution in [2.45, 2.75) is 41.0 Å². The van der Waals surface area contributed by atoms with Gasteiger partial charge in [0.2, 0.25) is 5.91 Å². The molecular formula is C17H25N3O5S. The minimum absolute atomic E-state index is 0.219. The lowest BCUT2D eigenvalue weighted by Gasteiger charge is -2.09. The largest absolute Gasteiger partial charge is 0.452 e. The number of aryl methyl sites for hydroxylation is 1. The van der Waals surface area contributed by atoms with Crippen LogP contribution in [-0.4, -0.2) is 37.0 Å². The maximum atomic E-state index is 12.3. The van der Waals surface area contributed by atoms with Gasteiger partial charge in [0, 0.05) is 18.3 Å². The molecule has 1 rings (SSSR count). The van der Waals surface area contributed by atoms with Gasteiger partial charge in [0.15, 0.2) is 6.61 Å². The number of anilines is 1. The van der Waals surface area contributed by atoms with Crippen LogP contribution in [0.5, 0.6) is 0 Å². The van der Waals surface area contributed by atoms with E-state index in [9.17, 15) is 19.2 Å². The first-order chi connectivity index (χ1) is 12.1. The highest BCUT2D eigenvalue weighted by Gasteiger charge is 2.22. The Hall–Kier alpha value is -2.42. The van der Waals surface area contributed by atoms with E-state index in [1.807, 2.05) is 20.8 Å². The number of imide groups is 1. The third-order valence-corrected chi connectivity index (χ3v) is 4.60. The lowest BCUT2D eigenvalue weighted by atomic mass is 10.1. The second kappa shape index (κ2) is 9.91. The molecule has 0 aliphatic heterocycles. The van der Waals surface area contributed by atoms with E-state index in [1.54, 1.807) is 6.92 Å². The monoisotopic (exact) mass is 383 g/mol. The number of esters is 1. The molecule has 0 unspecified atom stereocenters. The van der Waals surface area contributed by atoms with E-state index in [0.717, 1.165) is 11.3 Å². The topological polar surface area (TPSA) is 114 Å². The highest BCUT2D eigenvalue weighted by molar-refractivity contribution is 7.16. The van der Waals surface area contributed by atoms with E-state index in [1.165, 1.54) is 18.3 Å². The van der Waals surface area contributed by atoms with E-state index in [2.05, 4.69) is 16.0 Å². The van der Waals surface area contributed by atoms with Gasteiger partial charge in [-0.25, -0.2) is 9.59 Å². The summed E-state index contributed by atoms with van der Waals surface area (Å²) in [4.78, 5) is 47.7. The summed E-state index contributed by atoms with van der Waals surface area (Å²) in [5, 5.41) is 7.61. The fourth-order valence-corrected chi connectivity index (χ4v) is 3.10. The van der Waals surface area contributed by atoms with Crippen LogP contribution in [0.3, 0.4) is 0 Å². The number of ether oxygens (including phenoxy) is 1. The van der Waals surface area contributed by atoms with Gasteiger partial charge in [-0.3, -0.25) is 14.9 Å². The molecule has 1 heterocycles. The summed E-state index contributed by atoms with van der Waals surface area (Å²) < 4.78 is 4.97. The van der Waals surface area contributed by atoms with Crippen LogP contribution in [-0.2, 0) is 14.3 Å². The molecule has 0 radical (unpaired) electrons. The summed E-state index contributed by atoms with van der Waals surface area (Å²) in [5.74, 6) is -1.34. The van der Waals surface area contributed by atoms with Gasteiger partial charge in [0.1, 0.15) is 5.00 Å². The standard InChI is InChI=1S/C17H25N3O5S/c1-9(2)6-7-18-17(24)20-13(22)8-25-16(23)14-10(3)11(4)26-15(14)19-12(5)21/h9H,6-8H2,1-5H3,(H,19,21)(H2,18,20,22,24). The van der Waals surface area contributed by atoms with E-state index in [4.69, 9.17) is 4.74 Å². The fraction of sp³-hybridized carbons (Fsp3) is 0.529. The summed E-state index contributed by atoms with van der Waals surface area (Å²) in [5.41, 5.74) is 0.896. The molecule has 0 spiro atoms. The van der Waals surface area contributed by atoms with Gasteiger partial charge in [-0.05, 0) is 31.7 Å². The lowest BCUT2D eigenvalue weighted by Crippen LogP contribution is -2.42. The molecule has 1 aromatic heterocycles. The second-order valence-electron chi connectivity index (χ2n) is 6.23. The first kappa shape index (κ1) is 21.6. The van der Waals surface area contributed by atoms with Crippen molar-refractivity contribution >= 4 is 40.2 Å². The van der Waals surface area contributed by atoms with Crippen LogP contribution < -0.4 is 16.0 Å². The molecule has 0 aliphatic carbocycles. The van der Waals surface area contributed by atoms with Crippen molar-refractivity contribution in [2.75, 3.05) is 18.5 Å². The van der Waals surface area contributed by atoms with Crippen LogP contribution in [0.15, 0.2) is 0 Å². The molecule has 0 aliphatic rings. The van der Waals surface area contributed by atoms with Crippen molar-refractivity contribution in [1.82, 2.24) is 10.6 Å². The summed E-state index contributed by atoms with van der Waals surface area (Å²) in [6.07, 6.45) is 0.791. The van der Waals surface area contributed by atoms with E-state index in [0.29, 0.717) is 23.0 Å². The quantitative estimate of drug-likeness (QED) is 0.626. The Kier molecular flexibility index (Phi) is 8.24. The number of hydrogen-bond acceptors (Lipinski definition) is 6. The molecule has 0 saturated heterocycles. The maximum absolute atomic E-state index is 12.3. The first-order valence-corrected chi connectivity index (χ1v) is 9.05. The van der Waals surface area contributed by atoms with Crippen LogP contribution in [0.25, 0.3) is 0 Å². The Morgan fingerprint density at radius 3 is 2.38 bits per heavy atom. The number of urea groups is 1. The first-order valence-electron chi connectivity index (χ1n) is 8.24. The van der Waals surface area contributed by atoms with Crippen molar-refractivity contribution in [1.29, 1.82) is 0 Å². The molecule has 26 heavy (non-hydrogen) atoms. The SMILES string of the molecule is CC(=O)Nc1sc(C)c(C)c1C(=O)OCC(=O)NC(=O)NCCC(C)C. The molecule has 0 bridgehead atoms. The summed E-state index contributed by atoms with van der Waals surface area (Å²) in [7, 11) is 0. The van der Waals surface area contributed by atoms with E-state index < -0.39 is 24.5 Å². The Balaban J connectivity index is 2.57. The number of hydrogen-bond donors (Lipinski definition) is 3. The minimum atomic E-state index is -0.731. The predicted octanol–water partition coefficient (Wildman–Crippen LogP) is 2.35. The number of nitrogens with one attached hydrogen (secondary N) is 3. The Morgan fingerprint density at radius 1 is 1.15 bits per heavy atom. The summed E-state index contributed by atoms with van der Waals surface area (Å²) in [6.45, 7) is 8.78. The van der Waals surface area contributed by atoms with Crippen molar-refractivity contribution in [3.63, 3.8) is 0 Å². The van der Waals surface area contributed by atoms with Gasteiger partial charge in [-0.1, -0.05) is 13.8 Å². The van der Waals surface area contributed by atoms with E-state index >= 15 is 0 Å². The highest BCUT2D eigenvalue weighted by atomic mass is 32.1. The van der Waals surface area contributed by atoms with Gasteiger partial charge in [0.25, 0.3) is 5.91 Å². The Bertz CT molecular complexity index is 697. The summed E-state index contributed by atoms with van der Waals surface area (Å²) in [6, 6.07) is -0.631. The van der Waals surface area contributed by atoms with E-state index in [-0.39, 0.29) is 11.5 Å². The Labute approximate surface area is 156 Å². The number of amides is 4. The van der Waals surface area contributed by atoms with Crippen LogP contribution >= 0.6 is 11.3 Å². The Morgan fingerprint density at radius 2 is 1.81 bits per heavy atom. The van der Waals surface area contributed by atoms with Crippen LogP contribution in [0.2, 0.25) is 0 Å². The molecule has 1 aromatic rings. The third-order valence-electron chi connectivity index (χ3n) is 3.47. The number of carbonyl (C=O) groups excluding carboxylic acids is 4. The maximum Gasteiger partial charge on any atom is 0.341 e. The van der Waals surface area contributed by atoms with Gasteiger partial charge < -0.3 is 15.4 Å². The molecule has 8 nitrogen and oxygen atoms in total. The average molecular weight is 383 g/mol. The van der Waals surface area contributed by atoms with Gasteiger partial charge in [0.05, 0.1) is 5.56 Å². The van der Waals surface area contributed by atoms with Crippen molar-refractivity contribution in [2.24, 2.45) is 5.92 Å². The molecule has 9 heteroatoms. The van der Waals surface area contributed by atoms with Crippen LogP contribution in [0.1, 0.15) is 48.0 Å². The number of carbonyl (C=O) groups is 4. The molecule has 0 saturated carbocycles. The molecular weight excluding hydrogens is 358 g/mol. The number of thiophene rings is 1. The van der Waals surface area contributed by atoms with Gasteiger partial charge in [-0.15, -0.1) is 11.3 Å². The smallest absolute Gasteiger partial charge is 0.341 e. The molecule has 3 N–H and O–H groups in total. The minimum Gasteiger partial charge on any atom is -0.452 e. The zero-order valence-electron chi connectivity index (χ0n) is 15.6. The summed E-state index contributed by atoms with van der Waals surface area (Å²) >= 11 is 1.26. The predicted molar refractivity (Wildman–Crippen MR) is 99.4 cm³/mol. The van der Waals surface area contributed by atoms with Crippen molar-refractivity contribution in [3.05, 3.63) is 16.0 Å². The van der Waals surface area contributed by atoms with Crippen LogP contribution in [0.4, 0.5) is 9.80 Å². The zero-order valence-corrected chi connectivity index (χ0v) is 16.5. The molecule has 0 aromatic carbocycles. The van der Waals surface area contributed by atoms with Gasteiger partial charge >= 0.3 is 12.0 Å². The highest BCUT2D eigenvalue weighted by Crippen LogP contribution is 2.32. The average Bonchev–Trinajstić information content (AvgIpc) is 2.78. The van der Waals surface area contributed by atoms with Crippen molar-refractivity contribution < 1.29 is 23.9 Å². The fourth-order valence-electron chi connectivity index (χ4n) is 2.01. The zero-order chi connectivity index (χ0) is 19.9. The number of rotatable bonds is 7. The second-order valence-corrected chi connectivity index (χ2v) is 7.46. The van der Waals surface area contributed by atoms with Crippen molar-refractivity contribution in [3.8, 4) is 0 Å². The van der Waals surface area contributed by atoms with Gasteiger partial charge in [-0.2, -0.15) is 0 Å². The normalized spacial score (nSPS) is 10.4. The molecule has 4 amide bonds. The molecule has 144 valence electrons. The molecule has 0 fully saturated rings. The third kappa shape index (κ3) is 6.83. The lowest BCUT2D eigenvalue weighted by molar-refractivity contribution is -0.123. The molecule has 0 atom stereocenters. The van der Waals surface area contributed by atoms with Crippen LogP contribution in [0, 0.1) is 19.8 Å².